The van der Waals surface area contributed by atoms with Crippen molar-refractivity contribution in [1.82, 2.24) is 10.4 Å². The predicted octanol–water partition coefficient (Wildman–Crippen LogP) is 2.76. The molecule has 3 amide bonds. The Morgan fingerprint density at radius 1 is 1.09 bits per heavy atom. The van der Waals surface area contributed by atoms with Crippen LogP contribution in [0.15, 0.2) is 34.8 Å². The molecule has 2 aromatic carbocycles. The molecule has 0 aromatic heterocycles. The van der Waals surface area contributed by atoms with Gasteiger partial charge < -0.3 is 19.5 Å². The van der Waals surface area contributed by atoms with Crippen LogP contribution >= 0.6 is 15.9 Å². The third kappa shape index (κ3) is 6.10. The normalized spacial score (nSPS) is 14.9. The number of amides is 3. The highest BCUT2D eigenvalue weighted by molar-refractivity contribution is 9.10. The van der Waals surface area contributed by atoms with Crippen LogP contribution in [0.4, 0.5) is 5.69 Å². The van der Waals surface area contributed by atoms with Crippen molar-refractivity contribution in [2.45, 2.75) is 20.3 Å². The van der Waals surface area contributed by atoms with Gasteiger partial charge in [-0.05, 0) is 49.2 Å². The highest BCUT2D eigenvalue weighted by Crippen LogP contribution is 2.29. The van der Waals surface area contributed by atoms with Crippen molar-refractivity contribution >= 4 is 45.3 Å². The minimum absolute atomic E-state index is 0.0898. The van der Waals surface area contributed by atoms with Gasteiger partial charge in [-0.15, -0.1) is 0 Å². The summed E-state index contributed by atoms with van der Waals surface area (Å²) in [6, 6.07) is 8.53. The third-order valence-electron chi connectivity index (χ3n) is 5.47. The zero-order valence-corrected chi connectivity index (χ0v) is 21.4. The number of benzene rings is 2. The van der Waals surface area contributed by atoms with Crippen molar-refractivity contribution < 1.29 is 33.4 Å². The van der Waals surface area contributed by atoms with E-state index in [9.17, 15) is 19.2 Å². The summed E-state index contributed by atoms with van der Waals surface area (Å²) in [5, 5.41) is 3.76. The number of anilines is 1. The number of hydrogen-bond donors (Lipinski definition) is 2. The number of nitrogens with one attached hydrogen (secondary N) is 2. The number of methoxy groups -OCH3 is 2. The Morgan fingerprint density at radius 2 is 1.74 bits per heavy atom. The first-order valence-corrected chi connectivity index (χ1v) is 11.5. The van der Waals surface area contributed by atoms with E-state index in [2.05, 4.69) is 26.7 Å². The summed E-state index contributed by atoms with van der Waals surface area (Å²) >= 11 is 3.43. The number of ether oxygens (including phenoxy) is 3. The lowest BCUT2D eigenvalue weighted by molar-refractivity contribution is -0.151. The van der Waals surface area contributed by atoms with E-state index in [1.165, 1.54) is 14.2 Å². The summed E-state index contributed by atoms with van der Waals surface area (Å²) in [5.74, 6) is -2.57. The van der Waals surface area contributed by atoms with Gasteiger partial charge in [-0.1, -0.05) is 22.0 Å². The molecule has 0 unspecified atom stereocenters. The number of aryl methyl sites for hydroxylation is 2. The molecule has 35 heavy (non-hydrogen) atoms. The molecule has 11 heteroatoms. The van der Waals surface area contributed by atoms with E-state index in [-0.39, 0.29) is 30.0 Å². The molecule has 1 saturated heterocycles. The van der Waals surface area contributed by atoms with E-state index in [1.807, 2.05) is 26.0 Å². The molecule has 2 N–H and O–H groups in total. The standard InChI is InChI=1S/C24H26BrN3O7/c1-13-9-17(14(2)8-16(13)25)26-20(29)12-35-24(32)15-10-21(30)28(11-15)27-23(31)22-18(33-3)6-5-7-19(22)34-4/h5-9,15H,10-12H2,1-4H3,(H,26,29)(H,27,31)/t15-/m1/s1. The topological polar surface area (TPSA) is 123 Å². The largest absolute Gasteiger partial charge is 0.496 e. The van der Waals surface area contributed by atoms with Crippen molar-refractivity contribution in [1.29, 1.82) is 0 Å². The summed E-state index contributed by atoms with van der Waals surface area (Å²) in [4.78, 5) is 50.0. The molecule has 0 spiro atoms. The average molecular weight is 548 g/mol. The zero-order valence-electron chi connectivity index (χ0n) is 19.8. The number of nitrogens with zero attached hydrogens (tertiary/aromatic N) is 1. The van der Waals surface area contributed by atoms with Crippen molar-refractivity contribution in [3.63, 3.8) is 0 Å². The van der Waals surface area contributed by atoms with Crippen LogP contribution in [-0.4, -0.2) is 56.1 Å². The third-order valence-corrected chi connectivity index (χ3v) is 6.33. The second-order valence-corrected chi connectivity index (χ2v) is 8.81. The van der Waals surface area contributed by atoms with E-state index >= 15 is 0 Å². The minimum atomic E-state index is -0.827. The maximum atomic E-state index is 12.8. The Hall–Kier alpha value is -3.60. The van der Waals surface area contributed by atoms with E-state index in [1.54, 1.807) is 18.2 Å². The molecule has 1 aliphatic rings. The summed E-state index contributed by atoms with van der Waals surface area (Å²) in [5.41, 5.74) is 5.01. The molecule has 10 nitrogen and oxygen atoms in total. The zero-order chi connectivity index (χ0) is 25.7. The van der Waals surface area contributed by atoms with Gasteiger partial charge in [-0.3, -0.25) is 29.6 Å². The van der Waals surface area contributed by atoms with Crippen LogP contribution in [0.3, 0.4) is 0 Å². The number of carbonyl (C=O) groups is 4. The first kappa shape index (κ1) is 26.0. The number of hydrazine groups is 1. The Kier molecular flexibility index (Phi) is 8.34. The summed E-state index contributed by atoms with van der Waals surface area (Å²) in [6.07, 6.45) is -0.158. The molecule has 1 atom stereocenters. The van der Waals surface area contributed by atoms with Crippen LogP contribution in [0.2, 0.25) is 0 Å². The van der Waals surface area contributed by atoms with Crippen molar-refractivity contribution in [3.05, 3.63) is 51.5 Å². The van der Waals surface area contributed by atoms with Gasteiger partial charge in [0.15, 0.2) is 6.61 Å². The second-order valence-electron chi connectivity index (χ2n) is 7.96. The van der Waals surface area contributed by atoms with Crippen molar-refractivity contribution in [2.75, 3.05) is 32.7 Å². The van der Waals surface area contributed by atoms with E-state index in [4.69, 9.17) is 14.2 Å². The SMILES string of the molecule is COc1cccc(OC)c1C(=O)NN1C[C@H](C(=O)OCC(=O)Nc2cc(C)c(Br)cc2C)CC1=O. The molecule has 0 radical (unpaired) electrons. The summed E-state index contributed by atoms with van der Waals surface area (Å²) < 4.78 is 16.5. The fraction of sp³-hybridized carbons (Fsp3) is 0.333. The molecular formula is C24H26BrN3O7. The van der Waals surface area contributed by atoms with E-state index in [0.29, 0.717) is 5.69 Å². The summed E-state index contributed by atoms with van der Waals surface area (Å²) in [7, 11) is 2.82. The van der Waals surface area contributed by atoms with Crippen LogP contribution in [0, 0.1) is 19.8 Å². The number of rotatable bonds is 8. The first-order valence-electron chi connectivity index (χ1n) is 10.7. The molecule has 1 aliphatic heterocycles. The lowest BCUT2D eigenvalue weighted by Crippen LogP contribution is -2.43. The highest BCUT2D eigenvalue weighted by Gasteiger charge is 2.37. The van der Waals surface area contributed by atoms with Gasteiger partial charge in [0.2, 0.25) is 5.91 Å². The van der Waals surface area contributed by atoms with Crippen molar-refractivity contribution in [2.24, 2.45) is 5.92 Å². The Balaban J connectivity index is 1.56. The van der Waals surface area contributed by atoms with Crippen molar-refractivity contribution in [3.8, 4) is 11.5 Å². The molecule has 1 fully saturated rings. The van der Waals surface area contributed by atoms with E-state index in [0.717, 1.165) is 20.6 Å². The lowest BCUT2D eigenvalue weighted by atomic mass is 10.1. The Morgan fingerprint density at radius 3 is 2.37 bits per heavy atom. The molecule has 186 valence electrons. The number of halogens is 1. The molecule has 0 aliphatic carbocycles. The van der Waals surface area contributed by atoms with Gasteiger partial charge in [-0.25, -0.2) is 0 Å². The van der Waals surface area contributed by atoms with Gasteiger partial charge in [0.05, 0.1) is 26.7 Å². The van der Waals surface area contributed by atoms with Gasteiger partial charge >= 0.3 is 5.97 Å². The fourth-order valence-corrected chi connectivity index (χ4v) is 4.04. The maximum absolute atomic E-state index is 12.8. The van der Waals surface area contributed by atoms with Crippen LogP contribution in [0.1, 0.15) is 27.9 Å². The van der Waals surface area contributed by atoms with Crippen LogP contribution < -0.4 is 20.2 Å². The van der Waals surface area contributed by atoms with Crippen LogP contribution in [0.25, 0.3) is 0 Å². The van der Waals surface area contributed by atoms with E-state index < -0.39 is 36.2 Å². The monoisotopic (exact) mass is 547 g/mol. The van der Waals surface area contributed by atoms with Gasteiger partial charge in [0, 0.05) is 16.6 Å². The second kappa shape index (κ2) is 11.2. The quantitative estimate of drug-likeness (QED) is 0.487. The van der Waals surface area contributed by atoms with Gasteiger partial charge in [0.1, 0.15) is 17.1 Å². The maximum Gasteiger partial charge on any atom is 0.311 e. The Bertz CT molecular complexity index is 1150. The van der Waals surface area contributed by atoms with Crippen LogP contribution in [0.5, 0.6) is 11.5 Å². The van der Waals surface area contributed by atoms with Gasteiger partial charge in [0.25, 0.3) is 11.8 Å². The molecule has 0 saturated carbocycles. The van der Waals surface area contributed by atoms with Crippen LogP contribution in [-0.2, 0) is 19.1 Å². The highest BCUT2D eigenvalue weighted by atomic mass is 79.9. The summed E-state index contributed by atoms with van der Waals surface area (Å²) in [6.45, 7) is 3.15. The van der Waals surface area contributed by atoms with Gasteiger partial charge in [-0.2, -0.15) is 0 Å². The number of carbonyl (C=O) groups excluding carboxylic acids is 4. The Labute approximate surface area is 211 Å². The molecule has 0 bridgehead atoms. The average Bonchev–Trinajstić information content (AvgIpc) is 3.20. The molecule has 3 rings (SSSR count). The smallest absolute Gasteiger partial charge is 0.311 e. The lowest BCUT2D eigenvalue weighted by Gasteiger charge is -2.19. The predicted molar refractivity (Wildman–Crippen MR) is 130 cm³/mol. The molecule has 1 heterocycles. The number of esters is 1. The number of hydrogen-bond acceptors (Lipinski definition) is 7. The minimum Gasteiger partial charge on any atom is -0.496 e. The fourth-order valence-electron chi connectivity index (χ4n) is 3.58. The molecular weight excluding hydrogens is 522 g/mol. The first-order chi connectivity index (χ1) is 16.6. The molecule has 2 aromatic rings.